The van der Waals surface area contributed by atoms with Gasteiger partial charge in [-0.15, -0.1) is 23.1 Å². The van der Waals surface area contributed by atoms with Crippen molar-refractivity contribution in [3.8, 4) is 0 Å². The third kappa shape index (κ3) is 5.21. The predicted octanol–water partition coefficient (Wildman–Crippen LogP) is -0.272. The van der Waals surface area contributed by atoms with Crippen molar-refractivity contribution < 1.29 is 29.1 Å². The number of thioether (sulfide) groups is 2. The minimum Gasteiger partial charge on any atom is -0.477 e. The van der Waals surface area contributed by atoms with Crippen LogP contribution in [0.1, 0.15) is 5.69 Å². The Morgan fingerprint density at radius 2 is 2.23 bits per heavy atom. The average Bonchev–Trinajstić information content (AvgIpc) is 3.13. The minimum atomic E-state index is -1.20. The number of nitrogens with two attached hydrogens (primary N) is 1. The van der Waals surface area contributed by atoms with Gasteiger partial charge in [-0.05, 0) is 0 Å². The van der Waals surface area contributed by atoms with Crippen molar-refractivity contribution in [1.29, 1.82) is 0 Å². The molecule has 2 amide bonds. The van der Waals surface area contributed by atoms with Crippen molar-refractivity contribution in [3.63, 3.8) is 0 Å². The van der Waals surface area contributed by atoms with E-state index in [4.69, 9.17) is 15.3 Å². The summed E-state index contributed by atoms with van der Waals surface area (Å²) >= 11 is 3.71. The first-order chi connectivity index (χ1) is 13.9. The molecule has 30 heavy (non-hydrogen) atoms. The molecule has 1 fully saturated rings. The molecule has 0 saturated carbocycles. The number of ether oxygens (including phenoxy) is 1. The second-order valence-electron chi connectivity index (χ2n) is 5.68. The van der Waals surface area contributed by atoms with E-state index >= 15 is 0 Å². The zero-order chi connectivity index (χ0) is 21.1. The maximum absolute atomic E-state index is 12.7. The fourth-order valence-corrected chi connectivity index (χ4v) is 5.60. The molecule has 1 aromatic heterocycles. The number of anilines is 1. The van der Waals surface area contributed by atoms with Gasteiger partial charge >= 0.3 is 5.97 Å². The zero-order valence-electron chi connectivity index (χ0n) is 16.3. The number of carboxylic acids is 1. The number of aromatic nitrogens is 1. The van der Waals surface area contributed by atoms with E-state index in [2.05, 4.69) is 15.5 Å². The summed E-state index contributed by atoms with van der Waals surface area (Å²) in [6, 6.07) is -0.895. The molecule has 0 unspecified atom stereocenters. The maximum Gasteiger partial charge on any atom is 0.353 e. The Labute approximate surface area is 226 Å². The fourth-order valence-electron chi connectivity index (χ4n) is 2.73. The van der Waals surface area contributed by atoms with Gasteiger partial charge < -0.3 is 25.7 Å². The van der Waals surface area contributed by atoms with Gasteiger partial charge in [0, 0.05) is 74.5 Å². The standard InChI is InChI=1S/C15H17N5O6S3.K/c1-25-5-29-7-4-27-13-9(12(22)20(13)10(7)14(23)24)18-11(21)8(19-26-2)6-3-28-15(16)17-6;/h3,9,13H,4-5H2,1-2H3,(H2,16,17)(H,18,21)(H,23,24);/b19-8-;/t9-,13-;/m1./s1. The number of carbonyl (C=O) groups excluding carboxylic acids is 2. The molecule has 0 spiro atoms. The Morgan fingerprint density at radius 3 is 2.80 bits per heavy atom. The summed E-state index contributed by atoms with van der Waals surface area (Å²) < 4.78 is 4.97. The van der Waals surface area contributed by atoms with E-state index in [9.17, 15) is 19.5 Å². The average molecular weight is 499 g/mol. The van der Waals surface area contributed by atoms with Crippen molar-refractivity contribution in [2.75, 3.05) is 31.6 Å². The number of aliphatic carboxylic acids is 1. The molecule has 2 aliphatic rings. The number of nitrogens with one attached hydrogen (secondary N) is 1. The zero-order valence-corrected chi connectivity index (χ0v) is 21.9. The summed E-state index contributed by atoms with van der Waals surface area (Å²) in [7, 11) is 2.78. The number of rotatable bonds is 8. The normalized spacial score (nSPS) is 20.8. The molecule has 1 aromatic rings. The van der Waals surface area contributed by atoms with E-state index < -0.39 is 29.2 Å². The van der Waals surface area contributed by atoms with E-state index in [0.717, 1.165) is 11.3 Å². The summed E-state index contributed by atoms with van der Waals surface area (Å²) in [4.78, 5) is 47.5. The molecule has 4 N–H and O–H groups in total. The fraction of sp³-hybridized carbons (Fsp3) is 0.400. The monoisotopic (exact) mass is 498 g/mol. The van der Waals surface area contributed by atoms with Gasteiger partial charge in [-0.3, -0.25) is 14.5 Å². The topological polar surface area (TPSA) is 156 Å². The number of nitrogen functional groups attached to an aromatic ring is 1. The van der Waals surface area contributed by atoms with Crippen LogP contribution in [0.25, 0.3) is 0 Å². The summed E-state index contributed by atoms with van der Waals surface area (Å²) in [5.74, 6) is -1.73. The van der Waals surface area contributed by atoms with Gasteiger partial charge in [0.15, 0.2) is 10.8 Å². The third-order valence-electron chi connectivity index (χ3n) is 3.94. The number of thiazole rings is 1. The maximum atomic E-state index is 12.7. The molecule has 3 rings (SSSR count). The van der Waals surface area contributed by atoms with Crippen molar-refractivity contribution in [2.45, 2.75) is 11.4 Å². The largest absolute Gasteiger partial charge is 0.477 e. The molecular weight excluding hydrogens is 481 g/mol. The Bertz CT molecular complexity index is 907. The van der Waals surface area contributed by atoms with Crippen LogP contribution in [0.2, 0.25) is 0 Å². The molecule has 0 bridgehead atoms. The van der Waals surface area contributed by atoms with Crippen LogP contribution in [0.3, 0.4) is 0 Å². The Hall–Kier alpha value is -0.654. The third-order valence-corrected chi connectivity index (χ3v) is 7.11. The summed E-state index contributed by atoms with van der Waals surface area (Å²) in [5.41, 5.74) is 5.61. The quantitative estimate of drug-likeness (QED) is 0.143. The van der Waals surface area contributed by atoms with Gasteiger partial charge in [0.2, 0.25) is 0 Å². The first-order valence-electron chi connectivity index (χ1n) is 8.05. The Kier molecular flexibility index (Phi) is 9.63. The second kappa shape index (κ2) is 11.3. The minimum absolute atomic E-state index is 0. The molecule has 1 saturated heterocycles. The molecule has 1 radical (unpaired) electrons. The molecular formula is C15H17KN5O6S3. The summed E-state index contributed by atoms with van der Waals surface area (Å²) in [6.45, 7) is 0. The van der Waals surface area contributed by atoms with Gasteiger partial charge in [-0.2, -0.15) is 0 Å². The number of nitrogens with zero attached hydrogens (tertiary/aromatic N) is 3. The van der Waals surface area contributed by atoms with Gasteiger partial charge in [0.1, 0.15) is 29.9 Å². The van der Waals surface area contributed by atoms with Crippen LogP contribution >= 0.6 is 34.9 Å². The van der Waals surface area contributed by atoms with Gasteiger partial charge in [-0.1, -0.05) is 16.9 Å². The van der Waals surface area contributed by atoms with Gasteiger partial charge in [0.25, 0.3) is 11.8 Å². The Balaban J connectivity index is 0.00000320. The van der Waals surface area contributed by atoms with Crippen molar-refractivity contribution >= 4 is 115 Å². The second-order valence-corrected chi connectivity index (χ2v) is 8.69. The van der Waals surface area contributed by atoms with Crippen LogP contribution in [0.4, 0.5) is 5.13 Å². The number of hydrogen-bond donors (Lipinski definition) is 3. The van der Waals surface area contributed by atoms with E-state index in [1.807, 2.05) is 0 Å². The van der Waals surface area contributed by atoms with Crippen LogP contribution < -0.4 is 11.1 Å². The number of fused-ring (bicyclic) bond motifs is 1. The number of amides is 2. The molecule has 3 heterocycles. The van der Waals surface area contributed by atoms with Crippen LogP contribution in [0, 0.1) is 0 Å². The molecule has 15 heteroatoms. The van der Waals surface area contributed by atoms with Crippen LogP contribution in [0.5, 0.6) is 0 Å². The van der Waals surface area contributed by atoms with Crippen LogP contribution in [-0.2, 0) is 24.0 Å². The molecule has 157 valence electrons. The van der Waals surface area contributed by atoms with E-state index in [1.165, 1.54) is 42.6 Å². The number of oxime groups is 1. The van der Waals surface area contributed by atoms with Crippen molar-refractivity contribution in [1.82, 2.24) is 15.2 Å². The number of carbonyl (C=O) groups is 3. The number of β-lactam (4-membered cyclic amide) rings is 1. The van der Waals surface area contributed by atoms with E-state index in [-0.39, 0.29) is 79.6 Å². The molecule has 0 aliphatic carbocycles. The first kappa shape index (κ1) is 25.6. The van der Waals surface area contributed by atoms with Crippen molar-refractivity contribution in [3.05, 3.63) is 21.7 Å². The molecule has 0 aromatic carbocycles. The number of hydrogen-bond acceptors (Lipinski definition) is 11. The van der Waals surface area contributed by atoms with E-state index in [1.54, 1.807) is 5.38 Å². The Morgan fingerprint density at radius 1 is 1.50 bits per heavy atom. The van der Waals surface area contributed by atoms with Crippen LogP contribution in [-0.4, -0.2) is 127 Å². The molecule has 2 aliphatic heterocycles. The first-order valence-corrected chi connectivity index (χ1v) is 11.0. The number of methoxy groups -OCH3 is 1. The van der Waals surface area contributed by atoms with Gasteiger partial charge in [-0.25, -0.2) is 9.78 Å². The van der Waals surface area contributed by atoms with E-state index in [0.29, 0.717) is 10.7 Å². The summed E-state index contributed by atoms with van der Waals surface area (Å²) in [6.07, 6.45) is 0. The summed E-state index contributed by atoms with van der Waals surface area (Å²) in [5, 5.41) is 17.1. The smallest absolute Gasteiger partial charge is 0.353 e. The SMILES string of the molecule is COCSC1=C(C(=O)O)N2C(=O)[C@@H](NC(=O)/C(=N\OC)c3csc(N)n3)[C@H]2SC1.[K]. The van der Waals surface area contributed by atoms with Crippen LogP contribution in [0.15, 0.2) is 21.1 Å². The molecule has 11 nitrogen and oxygen atoms in total. The predicted molar refractivity (Wildman–Crippen MR) is 115 cm³/mol. The van der Waals surface area contributed by atoms with Gasteiger partial charge in [0.05, 0.1) is 5.94 Å². The van der Waals surface area contributed by atoms with Crippen molar-refractivity contribution in [2.24, 2.45) is 5.16 Å². The number of carboxylic acid groups (broad SMARTS) is 1. The molecule has 2 atom stereocenters.